The molecule has 0 atom stereocenters. The normalized spacial score (nSPS) is 11.2. The first kappa shape index (κ1) is 16.6. The number of nitrogens with zero attached hydrogens (tertiary/aromatic N) is 4. The van der Waals surface area contributed by atoms with Gasteiger partial charge in [0.05, 0.1) is 21.8 Å². The molecule has 2 N–H and O–H groups in total. The van der Waals surface area contributed by atoms with Crippen molar-refractivity contribution in [3.63, 3.8) is 0 Å². The standard InChI is InChI=1S/C15H13N5O4S/c1-10-13(3-2-4-14(10)20-9-16-18-19-20)17-25(23,24)12-7-5-11(6-8-12)15(21)22/h2-9,17H,1H3,(H,21,22). The highest BCUT2D eigenvalue weighted by Crippen LogP contribution is 2.24. The molecule has 0 aliphatic heterocycles. The number of carbonyl (C=O) groups is 1. The predicted molar refractivity (Wildman–Crippen MR) is 88.1 cm³/mol. The van der Waals surface area contributed by atoms with Crippen LogP contribution in [0.4, 0.5) is 5.69 Å². The average molecular weight is 359 g/mol. The van der Waals surface area contributed by atoms with E-state index in [0.717, 1.165) is 0 Å². The predicted octanol–water partition coefficient (Wildman–Crippen LogP) is 1.47. The Hall–Kier alpha value is -3.27. The molecule has 9 nitrogen and oxygen atoms in total. The van der Waals surface area contributed by atoms with Gasteiger partial charge in [0.15, 0.2) is 0 Å². The number of anilines is 1. The monoisotopic (exact) mass is 359 g/mol. The third kappa shape index (κ3) is 3.33. The molecule has 0 spiro atoms. The summed E-state index contributed by atoms with van der Waals surface area (Å²) in [5, 5.41) is 19.8. The number of tetrazole rings is 1. The molecule has 0 saturated heterocycles. The molecule has 10 heteroatoms. The van der Waals surface area contributed by atoms with E-state index in [1.165, 1.54) is 35.3 Å². The van der Waals surface area contributed by atoms with E-state index < -0.39 is 16.0 Å². The van der Waals surface area contributed by atoms with E-state index in [-0.39, 0.29) is 10.5 Å². The summed E-state index contributed by atoms with van der Waals surface area (Å²) in [7, 11) is -3.87. The highest BCUT2D eigenvalue weighted by atomic mass is 32.2. The Kier molecular flexibility index (Phi) is 4.19. The fourth-order valence-electron chi connectivity index (χ4n) is 2.23. The van der Waals surface area contributed by atoms with Crippen LogP contribution >= 0.6 is 0 Å². The molecule has 0 radical (unpaired) electrons. The van der Waals surface area contributed by atoms with Crippen LogP contribution in [0.2, 0.25) is 0 Å². The van der Waals surface area contributed by atoms with Gasteiger partial charge in [-0.15, -0.1) is 5.10 Å². The molecule has 0 amide bonds. The fourth-order valence-corrected chi connectivity index (χ4v) is 3.36. The van der Waals surface area contributed by atoms with Crippen molar-refractivity contribution >= 4 is 21.7 Å². The van der Waals surface area contributed by atoms with Crippen LogP contribution in [0.25, 0.3) is 5.69 Å². The Morgan fingerprint density at radius 2 is 1.88 bits per heavy atom. The quantitative estimate of drug-likeness (QED) is 0.706. The lowest BCUT2D eigenvalue weighted by molar-refractivity contribution is 0.0696. The van der Waals surface area contributed by atoms with Gasteiger partial charge in [0.25, 0.3) is 10.0 Å². The Morgan fingerprint density at radius 3 is 2.48 bits per heavy atom. The summed E-state index contributed by atoms with van der Waals surface area (Å²) < 4.78 is 29.0. The molecular formula is C15H13N5O4S. The lowest BCUT2D eigenvalue weighted by Crippen LogP contribution is -2.14. The first-order valence-corrected chi connectivity index (χ1v) is 8.56. The number of aromatic carboxylic acids is 1. The number of rotatable bonds is 5. The lowest BCUT2D eigenvalue weighted by Gasteiger charge is -2.13. The topological polar surface area (TPSA) is 127 Å². The zero-order valence-corrected chi connectivity index (χ0v) is 13.8. The highest BCUT2D eigenvalue weighted by Gasteiger charge is 2.17. The number of carboxylic acid groups (broad SMARTS) is 1. The van der Waals surface area contributed by atoms with E-state index in [0.29, 0.717) is 16.9 Å². The van der Waals surface area contributed by atoms with E-state index in [9.17, 15) is 13.2 Å². The summed E-state index contributed by atoms with van der Waals surface area (Å²) in [5.74, 6) is -1.12. The largest absolute Gasteiger partial charge is 0.478 e. The van der Waals surface area contributed by atoms with Gasteiger partial charge in [-0.05, 0) is 59.3 Å². The van der Waals surface area contributed by atoms with E-state index in [1.807, 2.05) is 0 Å². The van der Waals surface area contributed by atoms with Crippen LogP contribution in [-0.4, -0.2) is 39.7 Å². The van der Waals surface area contributed by atoms with Crippen molar-refractivity contribution in [2.45, 2.75) is 11.8 Å². The van der Waals surface area contributed by atoms with Gasteiger partial charge in [0.1, 0.15) is 6.33 Å². The zero-order chi connectivity index (χ0) is 18.0. The minimum Gasteiger partial charge on any atom is -0.478 e. The second-order valence-electron chi connectivity index (χ2n) is 5.14. The molecule has 0 aliphatic rings. The third-order valence-corrected chi connectivity index (χ3v) is 4.94. The first-order chi connectivity index (χ1) is 11.9. The Labute approximate surface area is 143 Å². The summed E-state index contributed by atoms with van der Waals surface area (Å²) in [5.41, 5.74) is 1.65. The van der Waals surface area contributed by atoms with Crippen LogP contribution in [-0.2, 0) is 10.0 Å². The van der Waals surface area contributed by atoms with Gasteiger partial charge in [0.2, 0.25) is 0 Å². The molecule has 0 aliphatic carbocycles. The summed E-state index contributed by atoms with van der Waals surface area (Å²) in [4.78, 5) is 10.8. The van der Waals surface area contributed by atoms with E-state index in [4.69, 9.17) is 5.11 Å². The van der Waals surface area contributed by atoms with Crippen molar-refractivity contribution in [1.29, 1.82) is 0 Å². The van der Waals surface area contributed by atoms with Crippen LogP contribution in [0.3, 0.4) is 0 Å². The molecule has 0 unspecified atom stereocenters. The third-order valence-electron chi connectivity index (χ3n) is 3.56. The van der Waals surface area contributed by atoms with E-state index in [2.05, 4.69) is 20.2 Å². The zero-order valence-electron chi connectivity index (χ0n) is 13.0. The number of carboxylic acids is 1. The molecule has 3 rings (SSSR count). The van der Waals surface area contributed by atoms with Crippen molar-refractivity contribution in [2.75, 3.05) is 4.72 Å². The van der Waals surface area contributed by atoms with Gasteiger partial charge in [0, 0.05) is 0 Å². The van der Waals surface area contributed by atoms with Crippen molar-refractivity contribution in [3.8, 4) is 5.69 Å². The molecule has 25 heavy (non-hydrogen) atoms. The molecule has 1 aromatic heterocycles. The Balaban J connectivity index is 1.93. The highest BCUT2D eigenvalue weighted by molar-refractivity contribution is 7.92. The van der Waals surface area contributed by atoms with Gasteiger partial charge >= 0.3 is 5.97 Å². The maximum absolute atomic E-state index is 12.5. The van der Waals surface area contributed by atoms with E-state index in [1.54, 1.807) is 25.1 Å². The van der Waals surface area contributed by atoms with Crippen molar-refractivity contribution < 1.29 is 18.3 Å². The number of aromatic nitrogens is 4. The number of hydrogen-bond donors (Lipinski definition) is 2. The van der Waals surface area contributed by atoms with Gasteiger partial charge in [-0.1, -0.05) is 6.07 Å². The molecule has 0 saturated carbocycles. The first-order valence-electron chi connectivity index (χ1n) is 7.07. The molecule has 0 bridgehead atoms. The summed E-state index contributed by atoms with van der Waals surface area (Å²) >= 11 is 0. The molecule has 1 heterocycles. The molecule has 2 aromatic carbocycles. The van der Waals surface area contributed by atoms with Crippen molar-refractivity contribution in [3.05, 3.63) is 59.9 Å². The smallest absolute Gasteiger partial charge is 0.335 e. The Morgan fingerprint density at radius 1 is 1.16 bits per heavy atom. The van der Waals surface area contributed by atoms with Gasteiger partial charge in [-0.2, -0.15) is 0 Å². The van der Waals surface area contributed by atoms with Gasteiger partial charge in [-0.3, -0.25) is 4.72 Å². The number of nitrogens with one attached hydrogen (secondary N) is 1. The number of hydrogen-bond acceptors (Lipinski definition) is 6. The lowest BCUT2D eigenvalue weighted by atomic mass is 10.1. The number of sulfonamides is 1. The van der Waals surface area contributed by atoms with Gasteiger partial charge < -0.3 is 5.11 Å². The minimum absolute atomic E-state index is 0.0100. The SMILES string of the molecule is Cc1c(NS(=O)(=O)c2ccc(C(=O)O)cc2)cccc1-n1cnnn1. The van der Waals surface area contributed by atoms with Crippen LogP contribution in [0, 0.1) is 6.92 Å². The summed E-state index contributed by atoms with van der Waals surface area (Å²) in [6, 6.07) is 10.0. The molecule has 0 fully saturated rings. The van der Waals surface area contributed by atoms with Crippen LogP contribution in [0.15, 0.2) is 53.7 Å². The molecular weight excluding hydrogens is 346 g/mol. The minimum atomic E-state index is -3.87. The fraction of sp³-hybridized carbons (Fsp3) is 0.0667. The van der Waals surface area contributed by atoms with Crippen LogP contribution in [0.5, 0.6) is 0 Å². The Bertz CT molecular complexity index is 1010. The second kappa shape index (κ2) is 6.32. The maximum atomic E-state index is 12.5. The van der Waals surface area contributed by atoms with Crippen molar-refractivity contribution in [2.24, 2.45) is 0 Å². The van der Waals surface area contributed by atoms with Gasteiger partial charge in [-0.25, -0.2) is 17.9 Å². The van der Waals surface area contributed by atoms with Crippen LogP contribution < -0.4 is 4.72 Å². The van der Waals surface area contributed by atoms with Crippen molar-refractivity contribution in [1.82, 2.24) is 20.2 Å². The maximum Gasteiger partial charge on any atom is 0.335 e. The summed E-state index contributed by atoms with van der Waals surface area (Å²) in [6.07, 6.45) is 1.41. The van der Waals surface area contributed by atoms with Crippen LogP contribution in [0.1, 0.15) is 15.9 Å². The second-order valence-corrected chi connectivity index (χ2v) is 6.82. The number of benzene rings is 2. The molecule has 128 valence electrons. The van der Waals surface area contributed by atoms with E-state index >= 15 is 0 Å². The summed E-state index contributed by atoms with van der Waals surface area (Å²) in [6.45, 7) is 1.74. The average Bonchev–Trinajstić information content (AvgIpc) is 3.11. The molecule has 3 aromatic rings.